The Bertz CT molecular complexity index is 757. The van der Waals surface area contributed by atoms with Crippen molar-refractivity contribution in [3.63, 3.8) is 0 Å². The lowest BCUT2D eigenvalue weighted by Crippen LogP contribution is -2.09. The molecule has 0 unspecified atom stereocenters. The number of carbonyl (C=O) groups is 1. The summed E-state index contributed by atoms with van der Waals surface area (Å²) in [4.78, 5) is 11.2. The van der Waals surface area contributed by atoms with Crippen LogP contribution in [-0.2, 0) is 16.4 Å². The SMILES string of the molecule is CS(=O)(=O)c1ccc(CNc2nnccc2C(=O)O)cc1. The lowest BCUT2D eigenvalue weighted by molar-refractivity contribution is 0.0697. The van der Waals surface area contributed by atoms with E-state index >= 15 is 0 Å². The number of hydrogen-bond donors (Lipinski definition) is 2. The van der Waals surface area contributed by atoms with Crippen molar-refractivity contribution >= 4 is 21.6 Å². The van der Waals surface area contributed by atoms with Gasteiger partial charge in [-0.2, -0.15) is 5.10 Å². The molecule has 21 heavy (non-hydrogen) atoms. The molecule has 0 aliphatic rings. The van der Waals surface area contributed by atoms with E-state index in [0.717, 1.165) is 11.8 Å². The van der Waals surface area contributed by atoms with Gasteiger partial charge in [-0.3, -0.25) is 0 Å². The van der Waals surface area contributed by atoms with E-state index in [0.29, 0.717) is 6.54 Å². The van der Waals surface area contributed by atoms with Crippen molar-refractivity contribution in [1.29, 1.82) is 0 Å². The van der Waals surface area contributed by atoms with Crippen LogP contribution in [0.5, 0.6) is 0 Å². The Morgan fingerprint density at radius 1 is 1.24 bits per heavy atom. The maximum Gasteiger partial charge on any atom is 0.339 e. The first-order chi connectivity index (χ1) is 9.88. The third kappa shape index (κ3) is 3.76. The molecule has 2 rings (SSSR count). The van der Waals surface area contributed by atoms with E-state index in [-0.39, 0.29) is 16.3 Å². The van der Waals surface area contributed by atoms with Crippen molar-refractivity contribution in [3.05, 3.63) is 47.7 Å². The summed E-state index contributed by atoms with van der Waals surface area (Å²) in [6.07, 6.45) is 2.44. The van der Waals surface area contributed by atoms with Crippen molar-refractivity contribution in [1.82, 2.24) is 10.2 Å². The van der Waals surface area contributed by atoms with Gasteiger partial charge in [-0.1, -0.05) is 12.1 Å². The summed E-state index contributed by atoms with van der Waals surface area (Å²) in [5, 5.41) is 19.2. The fourth-order valence-electron chi connectivity index (χ4n) is 1.68. The van der Waals surface area contributed by atoms with E-state index in [2.05, 4.69) is 15.5 Å². The molecule has 0 bridgehead atoms. The summed E-state index contributed by atoms with van der Waals surface area (Å²) in [6.45, 7) is 0.309. The molecule has 1 heterocycles. The first-order valence-corrected chi connectivity index (χ1v) is 7.85. The van der Waals surface area contributed by atoms with E-state index in [9.17, 15) is 13.2 Å². The maximum atomic E-state index is 11.3. The van der Waals surface area contributed by atoms with Gasteiger partial charge in [0.15, 0.2) is 15.7 Å². The molecule has 2 aromatic rings. The Labute approximate surface area is 121 Å². The predicted molar refractivity (Wildman–Crippen MR) is 75.9 cm³/mol. The zero-order valence-corrected chi connectivity index (χ0v) is 12.0. The molecule has 0 radical (unpaired) electrons. The fraction of sp³-hybridized carbons (Fsp3) is 0.154. The summed E-state index contributed by atoms with van der Waals surface area (Å²) in [5.41, 5.74) is 0.821. The van der Waals surface area contributed by atoms with Gasteiger partial charge >= 0.3 is 5.97 Å². The Kier molecular flexibility index (Phi) is 4.18. The number of nitrogens with one attached hydrogen (secondary N) is 1. The largest absolute Gasteiger partial charge is 0.478 e. The zero-order chi connectivity index (χ0) is 15.5. The number of carboxylic acids is 1. The summed E-state index contributed by atoms with van der Waals surface area (Å²) < 4.78 is 22.7. The van der Waals surface area contributed by atoms with Gasteiger partial charge in [0.05, 0.1) is 11.1 Å². The van der Waals surface area contributed by atoms with Gasteiger partial charge in [0, 0.05) is 12.8 Å². The molecule has 0 saturated carbocycles. The lowest BCUT2D eigenvalue weighted by atomic mass is 10.2. The second-order valence-corrected chi connectivity index (χ2v) is 6.38. The summed E-state index contributed by atoms with van der Waals surface area (Å²) >= 11 is 0. The number of aromatic carboxylic acids is 1. The zero-order valence-electron chi connectivity index (χ0n) is 11.1. The smallest absolute Gasteiger partial charge is 0.339 e. The minimum atomic E-state index is -3.23. The number of hydrogen-bond acceptors (Lipinski definition) is 6. The second kappa shape index (κ2) is 5.88. The number of benzene rings is 1. The molecule has 0 saturated heterocycles. The van der Waals surface area contributed by atoms with Gasteiger partial charge < -0.3 is 10.4 Å². The van der Waals surface area contributed by atoms with Crippen LogP contribution in [0, 0.1) is 0 Å². The van der Waals surface area contributed by atoms with Crippen molar-refractivity contribution in [2.45, 2.75) is 11.4 Å². The van der Waals surface area contributed by atoms with E-state index in [1.54, 1.807) is 12.1 Å². The Morgan fingerprint density at radius 3 is 2.48 bits per heavy atom. The third-order valence-electron chi connectivity index (χ3n) is 2.76. The van der Waals surface area contributed by atoms with E-state index in [1.165, 1.54) is 24.4 Å². The van der Waals surface area contributed by atoms with Gasteiger partial charge in [0.2, 0.25) is 0 Å². The van der Waals surface area contributed by atoms with E-state index in [4.69, 9.17) is 5.11 Å². The summed E-state index contributed by atoms with van der Waals surface area (Å²) in [6, 6.07) is 7.66. The van der Waals surface area contributed by atoms with Crippen LogP contribution in [0.15, 0.2) is 41.4 Å². The molecule has 7 nitrogen and oxygen atoms in total. The number of rotatable bonds is 5. The van der Waals surface area contributed by atoms with Crippen LogP contribution < -0.4 is 5.32 Å². The average Bonchev–Trinajstić information content (AvgIpc) is 2.45. The van der Waals surface area contributed by atoms with Crippen LogP contribution in [0.25, 0.3) is 0 Å². The van der Waals surface area contributed by atoms with Crippen LogP contribution in [0.2, 0.25) is 0 Å². The Morgan fingerprint density at radius 2 is 1.90 bits per heavy atom. The molecule has 0 aliphatic carbocycles. The molecule has 2 N–H and O–H groups in total. The van der Waals surface area contributed by atoms with E-state index < -0.39 is 15.8 Å². The number of carboxylic acid groups (broad SMARTS) is 1. The third-order valence-corrected chi connectivity index (χ3v) is 3.89. The number of anilines is 1. The van der Waals surface area contributed by atoms with Gasteiger partial charge in [-0.25, -0.2) is 13.2 Å². The Hall–Kier alpha value is -2.48. The van der Waals surface area contributed by atoms with Gasteiger partial charge in [0.1, 0.15) is 5.56 Å². The van der Waals surface area contributed by atoms with Crippen LogP contribution in [0.1, 0.15) is 15.9 Å². The topological polar surface area (TPSA) is 109 Å². The highest BCUT2D eigenvalue weighted by atomic mass is 32.2. The molecule has 0 aliphatic heterocycles. The van der Waals surface area contributed by atoms with Crippen LogP contribution in [-0.4, -0.2) is 35.9 Å². The van der Waals surface area contributed by atoms with Crippen LogP contribution >= 0.6 is 0 Å². The highest BCUT2D eigenvalue weighted by Gasteiger charge is 2.11. The average molecular weight is 307 g/mol. The highest BCUT2D eigenvalue weighted by Crippen LogP contribution is 2.14. The van der Waals surface area contributed by atoms with Gasteiger partial charge in [-0.15, -0.1) is 5.10 Å². The van der Waals surface area contributed by atoms with Crippen molar-refractivity contribution in [2.75, 3.05) is 11.6 Å². The first kappa shape index (κ1) is 14.9. The minimum Gasteiger partial charge on any atom is -0.478 e. The Balaban J connectivity index is 2.12. The summed E-state index contributed by atoms with van der Waals surface area (Å²) in [5.74, 6) is -0.933. The number of nitrogens with zero attached hydrogens (tertiary/aromatic N) is 2. The molecule has 1 aromatic heterocycles. The van der Waals surface area contributed by atoms with Crippen molar-refractivity contribution in [3.8, 4) is 0 Å². The molecular formula is C13H13N3O4S. The molecule has 0 amide bonds. The van der Waals surface area contributed by atoms with E-state index in [1.807, 2.05) is 0 Å². The minimum absolute atomic E-state index is 0.0257. The first-order valence-electron chi connectivity index (χ1n) is 5.96. The summed E-state index contributed by atoms with van der Waals surface area (Å²) in [7, 11) is -3.23. The lowest BCUT2D eigenvalue weighted by Gasteiger charge is -2.08. The van der Waals surface area contributed by atoms with Crippen molar-refractivity contribution < 1.29 is 18.3 Å². The number of aromatic nitrogens is 2. The second-order valence-electron chi connectivity index (χ2n) is 4.37. The standard InChI is InChI=1S/C13H13N3O4S/c1-21(19,20)10-4-2-9(3-5-10)8-14-12-11(13(17)18)6-7-15-16-12/h2-7H,8H2,1H3,(H,14,16)(H,17,18). The monoisotopic (exact) mass is 307 g/mol. The normalized spacial score (nSPS) is 11.1. The van der Waals surface area contributed by atoms with Gasteiger partial charge in [-0.05, 0) is 23.8 Å². The quantitative estimate of drug-likeness (QED) is 0.853. The van der Waals surface area contributed by atoms with Crippen LogP contribution in [0.3, 0.4) is 0 Å². The fourth-order valence-corrected chi connectivity index (χ4v) is 2.31. The van der Waals surface area contributed by atoms with Crippen LogP contribution in [0.4, 0.5) is 5.82 Å². The molecule has 0 atom stereocenters. The molecule has 0 spiro atoms. The highest BCUT2D eigenvalue weighted by molar-refractivity contribution is 7.90. The maximum absolute atomic E-state index is 11.3. The molecular weight excluding hydrogens is 294 g/mol. The molecule has 1 aromatic carbocycles. The molecule has 8 heteroatoms. The number of sulfone groups is 1. The predicted octanol–water partition coefficient (Wildman–Crippen LogP) is 1.19. The molecule has 110 valence electrons. The van der Waals surface area contributed by atoms with Gasteiger partial charge in [0.25, 0.3) is 0 Å². The van der Waals surface area contributed by atoms with Crippen molar-refractivity contribution in [2.24, 2.45) is 0 Å². The molecule has 0 fully saturated rings.